The highest BCUT2D eigenvalue weighted by atomic mass is 16.5. The van der Waals surface area contributed by atoms with E-state index in [-0.39, 0.29) is 31.6 Å². The number of Topliss-reactive ketones (excluding diaryl/α,β-unsaturated/α-hetero) is 1. The Labute approximate surface area is 158 Å². The van der Waals surface area contributed by atoms with Crippen LogP contribution >= 0.6 is 0 Å². The first kappa shape index (κ1) is 20.2. The molecular weight excluding hydrogens is 344 g/mol. The molecule has 1 heterocycles. The first-order chi connectivity index (χ1) is 12.4. The van der Waals surface area contributed by atoms with Crippen LogP contribution in [-0.4, -0.2) is 24.2 Å². The van der Waals surface area contributed by atoms with Crippen molar-refractivity contribution < 1.29 is 19.1 Å². The first-order valence-electron chi connectivity index (χ1n) is 8.39. The number of fused-ring (bicyclic) bond motifs is 1. The van der Waals surface area contributed by atoms with Crippen LogP contribution in [0.4, 0.5) is 11.4 Å². The maximum atomic E-state index is 12.1. The fraction of sp³-hybridized carbons (Fsp3) is 0.286. The molecule has 0 saturated carbocycles. The lowest BCUT2D eigenvalue weighted by Gasteiger charge is -2.17. The second kappa shape index (κ2) is 8.49. The molecule has 0 fully saturated rings. The summed E-state index contributed by atoms with van der Waals surface area (Å²) in [4.78, 5) is 34.9. The molecule has 27 heavy (non-hydrogen) atoms. The van der Waals surface area contributed by atoms with Crippen LogP contribution in [0.15, 0.2) is 36.4 Å². The molecular formula is C21H24N2O4. The summed E-state index contributed by atoms with van der Waals surface area (Å²) in [5.74, 6) is 0.299. The fourth-order valence-electron chi connectivity index (χ4n) is 2.93. The zero-order chi connectivity index (χ0) is 18.7. The maximum Gasteiger partial charge on any atom is 0.262 e. The average molecular weight is 368 g/mol. The predicted octanol–water partition coefficient (Wildman–Crippen LogP) is 3.74. The van der Waals surface area contributed by atoms with E-state index in [4.69, 9.17) is 4.74 Å². The highest BCUT2D eigenvalue weighted by Crippen LogP contribution is 2.26. The van der Waals surface area contributed by atoms with Crippen LogP contribution in [0.5, 0.6) is 5.75 Å². The molecule has 6 nitrogen and oxygen atoms in total. The molecule has 0 atom stereocenters. The molecule has 1 aliphatic rings. The lowest BCUT2D eigenvalue weighted by Crippen LogP contribution is -2.21. The number of carbonyl (C=O) groups is 3. The van der Waals surface area contributed by atoms with Crippen LogP contribution < -0.4 is 15.4 Å². The highest BCUT2D eigenvalue weighted by Gasteiger charge is 2.15. The van der Waals surface area contributed by atoms with Crippen molar-refractivity contribution in [2.75, 3.05) is 17.2 Å². The average Bonchev–Trinajstić information content (AvgIpc) is 2.59. The molecule has 3 rings (SSSR count). The van der Waals surface area contributed by atoms with E-state index in [1.165, 1.54) is 6.92 Å². The number of hydrogen-bond donors (Lipinski definition) is 2. The number of ketones is 1. The zero-order valence-corrected chi connectivity index (χ0v) is 14.7. The molecule has 2 amide bonds. The van der Waals surface area contributed by atoms with Gasteiger partial charge in [0.1, 0.15) is 5.75 Å². The standard InChI is InChI=1S/C20H20N2O4.CH4/c1-12-9-15(4-6-17(12)13(2)23)21-20(25)11-26-16-5-7-18-14(10-16)3-8-19(24)22-18;/h4-7,9-10H,3,8,11H2,1-2H3,(H,21,25)(H,22,24);1H4. The van der Waals surface area contributed by atoms with Gasteiger partial charge in [-0.2, -0.15) is 0 Å². The Morgan fingerprint density at radius 2 is 1.93 bits per heavy atom. The van der Waals surface area contributed by atoms with Crippen molar-refractivity contribution in [2.45, 2.75) is 34.1 Å². The van der Waals surface area contributed by atoms with Gasteiger partial charge in [0.2, 0.25) is 5.91 Å². The van der Waals surface area contributed by atoms with Crippen LogP contribution in [0.25, 0.3) is 0 Å². The molecule has 0 bridgehead atoms. The van der Waals surface area contributed by atoms with Gasteiger partial charge in [0, 0.05) is 23.4 Å². The minimum Gasteiger partial charge on any atom is -0.484 e. The van der Waals surface area contributed by atoms with Gasteiger partial charge in [-0.1, -0.05) is 7.43 Å². The van der Waals surface area contributed by atoms with Gasteiger partial charge in [0.15, 0.2) is 12.4 Å². The highest BCUT2D eigenvalue weighted by molar-refractivity contribution is 5.97. The number of rotatable bonds is 5. The summed E-state index contributed by atoms with van der Waals surface area (Å²) in [6.07, 6.45) is 1.11. The lowest BCUT2D eigenvalue weighted by atomic mass is 10.0. The van der Waals surface area contributed by atoms with Gasteiger partial charge < -0.3 is 15.4 Å². The smallest absolute Gasteiger partial charge is 0.262 e. The van der Waals surface area contributed by atoms with Gasteiger partial charge in [-0.05, 0) is 67.8 Å². The monoisotopic (exact) mass is 368 g/mol. The first-order valence-corrected chi connectivity index (χ1v) is 8.39. The Hall–Kier alpha value is -3.15. The van der Waals surface area contributed by atoms with Crippen LogP contribution in [-0.2, 0) is 16.0 Å². The maximum absolute atomic E-state index is 12.1. The van der Waals surface area contributed by atoms with Crippen molar-refractivity contribution >= 4 is 29.0 Å². The minimum atomic E-state index is -0.286. The molecule has 2 aromatic rings. The van der Waals surface area contributed by atoms with Gasteiger partial charge in [0.05, 0.1) is 0 Å². The predicted molar refractivity (Wildman–Crippen MR) is 105 cm³/mol. The van der Waals surface area contributed by atoms with Crippen molar-refractivity contribution in [1.82, 2.24) is 0 Å². The zero-order valence-electron chi connectivity index (χ0n) is 14.7. The van der Waals surface area contributed by atoms with Gasteiger partial charge in [-0.3, -0.25) is 14.4 Å². The Morgan fingerprint density at radius 1 is 1.15 bits per heavy atom. The van der Waals surface area contributed by atoms with Crippen LogP contribution in [0.3, 0.4) is 0 Å². The van der Waals surface area contributed by atoms with E-state index in [1.807, 2.05) is 13.0 Å². The second-order valence-corrected chi connectivity index (χ2v) is 6.29. The quantitative estimate of drug-likeness (QED) is 0.788. The summed E-state index contributed by atoms with van der Waals surface area (Å²) < 4.78 is 5.55. The van der Waals surface area contributed by atoms with E-state index in [2.05, 4.69) is 10.6 Å². The topological polar surface area (TPSA) is 84.5 Å². The Morgan fingerprint density at radius 3 is 2.63 bits per heavy atom. The van der Waals surface area contributed by atoms with E-state index >= 15 is 0 Å². The fourth-order valence-corrected chi connectivity index (χ4v) is 2.93. The summed E-state index contributed by atoms with van der Waals surface area (Å²) in [5.41, 5.74) is 3.86. The Balaban J connectivity index is 0.00000261. The van der Waals surface area contributed by atoms with Crippen LogP contribution in [0, 0.1) is 6.92 Å². The Bertz CT molecular complexity index is 890. The van der Waals surface area contributed by atoms with E-state index in [0.717, 1.165) is 16.8 Å². The van der Waals surface area contributed by atoms with Gasteiger partial charge in [0.25, 0.3) is 5.91 Å². The SMILES string of the molecule is C.CC(=O)c1ccc(NC(=O)COc2ccc3c(c2)CCC(=O)N3)cc1C. The van der Waals surface area contributed by atoms with E-state index in [0.29, 0.717) is 29.8 Å². The number of anilines is 2. The summed E-state index contributed by atoms with van der Waals surface area (Å²) in [6, 6.07) is 10.5. The summed E-state index contributed by atoms with van der Waals surface area (Å²) in [7, 11) is 0. The van der Waals surface area contributed by atoms with Crippen molar-refractivity contribution in [2.24, 2.45) is 0 Å². The third-order valence-corrected chi connectivity index (χ3v) is 4.23. The molecule has 0 unspecified atom stereocenters. The van der Waals surface area contributed by atoms with Gasteiger partial charge in [-0.25, -0.2) is 0 Å². The number of amides is 2. The van der Waals surface area contributed by atoms with Gasteiger partial charge >= 0.3 is 0 Å². The Kier molecular flexibility index (Phi) is 6.34. The summed E-state index contributed by atoms with van der Waals surface area (Å²) >= 11 is 0. The number of carbonyl (C=O) groups excluding carboxylic acids is 3. The van der Waals surface area contributed by atoms with Crippen LogP contribution in [0.2, 0.25) is 0 Å². The summed E-state index contributed by atoms with van der Waals surface area (Å²) in [5, 5.41) is 5.56. The largest absolute Gasteiger partial charge is 0.484 e. The van der Waals surface area contributed by atoms with Crippen LogP contribution in [0.1, 0.15) is 42.3 Å². The minimum absolute atomic E-state index is 0. The molecule has 0 aromatic heterocycles. The number of benzene rings is 2. The summed E-state index contributed by atoms with van der Waals surface area (Å²) in [6.45, 7) is 3.21. The molecule has 142 valence electrons. The molecule has 2 N–H and O–H groups in total. The molecule has 6 heteroatoms. The number of nitrogens with one attached hydrogen (secondary N) is 2. The molecule has 0 saturated heterocycles. The lowest BCUT2D eigenvalue weighted by molar-refractivity contribution is -0.118. The number of aryl methyl sites for hydroxylation is 2. The molecule has 0 spiro atoms. The molecule has 1 aliphatic heterocycles. The third-order valence-electron chi connectivity index (χ3n) is 4.23. The van der Waals surface area contributed by atoms with E-state index < -0.39 is 0 Å². The molecule has 0 aliphatic carbocycles. The third kappa shape index (κ3) is 4.94. The van der Waals surface area contributed by atoms with Crippen molar-refractivity contribution in [3.63, 3.8) is 0 Å². The van der Waals surface area contributed by atoms with E-state index in [1.54, 1.807) is 30.3 Å². The molecule has 0 radical (unpaired) electrons. The number of hydrogen-bond acceptors (Lipinski definition) is 4. The van der Waals surface area contributed by atoms with Gasteiger partial charge in [-0.15, -0.1) is 0 Å². The van der Waals surface area contributed by atoms with Crippen molar-refractivity contribution in [1.29, 1.82) is 0 Å². The normalized spacial score (nSPS) is 12.3. The second-order valence-electron chi connectivity index (χ2n) is 6.29. The number of ether oxygens (including phenoxy) is 1. The van der Waals surface area contributed by atoms with Crippen molar-refractivity contribution in [3.8, 4) is 5.75 Å². The van der Waals surface area contributed by atoms with Crippen molar-refractivity contribution in [3.05, 3.63) is 53.1 Å². The molecule has 2 aromatic carbocycles. The van der Waals surface area contributed by atoms with E-state index in [9.17, 15) is 14.4 Å².